The van der Waals surface area contributed by atoms with Crippen molar-refractivity contribution < 1.29 is 27.3 Å². The Morgan fingerprint density at radius 1 is 1.29 bits per heavy atom. The van der Waals surface area contributed by atoms with Gasteiger partial charge in [0.1, 0.15) is 12.0 Å². The summed E-state index contributed by atoms with van der Waals surface area (Å²) in [5, 5.41) is 5.35. The first kappa shape index (κ1) is 18.7. The topological polar surface area (TPSA) is 76.7 Å². The van der Waals surface area contributed by atoms with Gasteiger partial charge >= 0.3 is 12.4 Å². The summed E-state index contributed by atoms with van der Waals surface area (Å²) in [6, 6.07) is 4.43. The molecule has 134 valence electrons. The molecule has 2 rings (SSSR count). The molecule has 0 aromatic heterocycles. The van der Waals surface area contributed by atoms with Crippen LogP contribution in [0.3, 0.4) is 0 Å². The molecule has 0 saturated carbocycles. The molecule has 1 fully saturated rings. The Hall–Kier alpha value is -1.65. The molecule has 1 atom stereocenters. The molecule has 24 heavy (non-hydrogen) atoms. The van der Waals surface area contributed by atoms with Crippen molar-refractivity contribution in [1.29, 1.82) is 0 Å². The number of benzene rings is 1. The molecule has 1 aromatic carbocycles. The Balaban J connectivity index is 1.78. The van der Waals surface area contributed by atoms with Gasteiger partial charge in [0.2, 0.25) is 0 Å². The molecular formula is C14H18F3N3O3S. The predicted molar refractivity (Wildman–Crippen MR) is 83.9 cm³/mol. The van der Waals surface area contributed by atoms with Gasteiger partial charge in [-0.3, -0.25) is 0 Å². The quantitative estimate of drug-likeness (QED) is 0.804. The number of carbonyl (C=O) groups is 1. The maximum absolute atomic E-state index is 12.1. The number of carbonyl (C=O) groups excluding carboxylic acids is 1. The normalized spacial score (nSPS) is 18.0. The fraction of sp³-hybridized carbons (Fsp3) is 0.500. The number of rotatable bonds is 4. The highest BCUT2D eigenvalue weighted by Crippen LogP contribution is 2.24. The molecule has 2 amide bonds. The van der Waals surface area contributed by atoms with E-state index in [1.165, 1.54) is 12.1 Å². The van der Waals surface area contributed by atoms with E-state index in [2.05, 4.69) is 15.4 Å². The van der Waals surface area contributed by atoms with Gasteiger partial charge in [-0.05, 0) is 37.1 Å². The lowest BCUT2D eigenvalue weighted by molar-refractivity contribution is -0.274. The van der Waals surface area contributed by atoms with E-state index in [1.54, 1.807) is 6.26 Å². The van der Waals surface area contributed by atoms with E-state index in [0.717, 1.165) is 12.1 Å². The average Bonchev–Trinajstić information content (AvgIpc) is 2.48. The van der Waals surface area contributed by atoms with Crippen LogP contribution < -0.4 is 15.4 Å². The largest absolute Gasteiger partial charge is 0.598 e. The van der Waals surface area contributed by atoms with Gasteiger partial charge in [0.05, 0.1) is 0 Å². The molecule has 0 aliphatic carbocycles. The number of alkyl halides is 3. The molecule has 0 bridgehead atoms. The van der Waals surface area contributed by atoms with Crippen molar-refractivity contribution in [2.75, 3.05) is 24.7 Å². The molecule has 0 spiro atoms. The highest BCUT2D eigenvalue weighted by molar-refractivity contribution is 7.88. The van der Waals surface area contributed by atoms with Crippen LogP contribution in [0.2, 0.25) is 0 Å². The van der Waals surface area contributed by atoms with Gasteiger partial charge in [-0.25, -0.2) is 4.79 Å². The lowest BCUT2D eigenvalue weighted by Gasteiger charge is -2.30. The monoisotopic (exact) mass is 365 g/mol. The molecule has 1 aliphatic heterocycles. The summed E-state index contributed by atoms with van der Waals surface area (Å²) >= 11 is -1.01. The Bertz CT molecular complexity index is 546. The van der Waals surface area contributed by atoms with Gasteiger partial charge in [-0.2, -0.15) is 0 Å². The van der Waals surface area contributed by atoms with Crippen LogP contribution in [0, 0.1) is 0 Å². The molecule has 0 radical (unpaired) electrons. The van der Waals surface area contributed by atoms with Crippen molar-refractivity contribution in [2.45, 2.75) is 25.2 Å². The van der Waals surface area contributed by atoms with Crippen molar-refractivity contribution in [3.05, 3.63) is 24.3 Å². The first-order valence-electron chi connectivity index (χ1n) is 7.25. The molecule has 1 heterocycles. The number of hydrogen-bond donors (Lipinski definition) is 2. The van der Waals surface area contributed by atoms with Gasteiger partial charge in [0.25, 0.3) is 0 Å². The number of amides is 2. The van der Waals surface area contributed by atoms with Crippen LogP contribution in [0.5, 0.6) is 5.75 Å². The predicted octanol–water partition coefficient (Wildman–Crippen LogP) is 2.46. The minimum atomic E-state index is -4.75. The fourth-order valence-corrected chi connectivity index (χ4v) is 3.07. The summed E-state index contributed by atoms with van der Waals surface area (Å²) in [5.74, 6) is -0.353. The third kappa shape index (κ3) is 6.10. The second kappa shape index (κ2) is 7.95. The van der Waals surface area contributed by atoms with Crippen molar-refractivity contribution >= 4 is 23.1 Å². The van der Waals surface area contributed by atoms with Crippen molar-refractivity contribution in [2.24, 2.45) is 0 Å². The molecule has 10 heteroatoms. The minimum Gasteiger partial charge on any atom is -0.598 e. The number of nitrogens with one attached hydrogen (secondary N) is 2. The second-order valence-corrected chi connectivity index (χ2v) is 6.66. The maximum atomic E-state index is 12.1. The zero-order valence-corrected chi connectivity index (χ0v) is 13.7. The Kier molecular flexibility index (Phi) is 6.19. The van der Waals surface area contributed by atoms with E-state index in [0.29, 0.717) is 31.6 Å². The average molecular weight is 365 g/mol. The fourth-order valence-electron chi connectivity index (χ4n) is 2.35. The van der Waals surface area contributed by atoms with E-state index in [9.17, 15) is 22.5 Å². The summed E-state index contributed by atoms with van der Waals surface area (Å²) in [4.78, 5) is 11.9. The molecule has 2 N–H and O–H groups in total. The van der Waals surface area contributed by atoms with Crippen LogP contribution in [0.15, 0.2) is 24.3 Å². The molecular weight excluding hydrogens is 347 g/mol. The Morgan fingerprint density at radius 3 is 2.38 bits per heavy atom. The minimum absolute atomic E-state index is 0.0300. The van der Waals surface area contributed by atoms with Crippen LogP contribution in [-0.2, 0) is 11.4 Å². The third-order valence-corrected chi connectivity index (χ3v) is 4.59. The maximum Gasteiger partial charge on any atom is 0.573 e. The Morgan fingerprint density at radius 2 is 1.88 bits per heavy atom. The highest BCUT2D eigenvalue weighted by atomic mass is 32.2. The number of anilines is 1. The smallest absolute Gasteiger partial charge is 0.573 e. The SMILES string of the molecule is C[S+]([O-])N1CCC(NC(=O)Nc2ccc(OC(F)(F)F)cc2)CC1. The molecule has 6 nitrogen and oxygen atoms in total. The molecule has 1 aromatic rings. The number of nitrogens with zero attached hydrogens (tertiary/aromatic N) is 1. The van der Waals surface area contributed by atoms with Gasteiger partial charge < -0.3 is 19.9 Å². The summed E-state index contributed by atoms with van der Waals surface area (Å²) in [7, 11) is 0. The Labute approximate surface area is 140 Å². The van der Waals surface area contributed by atoms with Gasteiger partial charge in [-0.15, -0.1) is 17.5 Å². The van der Waals surface area contributed by atoms with Crippen molar-refractivity contribution in [1.82, 2.24) is 9.62 Å². The standard InChI is InChI=1S/C14H18F3N3O3S/c1-24(22)20-8-6-11(7-9-20)19-13(21)18-10-2-4-12(5-3-10)23-14(15,16)17/h2-5,11H,6-9H2,1H3,(H2,18,19,21). The van der Waals surface area contributed by atoms with Crippen molar-refractivity contribution in [3.63, 3.8) is 0 Å². The van der Waals surface area contributed by atoms with Gasteiger partial charge in [-0.1, -0.05) is 0 Å². The van der Waals surface area contributed by atoms with Crippen LogP contribution in [0.1, 0.15) is 12.8 Å². The van der Waals surface area contributed by atoms with Gasteiger partial charge in [0, 0.05) is 36.2 Å². The summed E-state index contributed by atoms with van der Waals surface area (Å²) in [5.41, 5.74) is 0.356. The number of hydrogen-bond acceptors (Lipinski definition) is 4. The zero-order valence-electron chi connectivity index (χ0n) is 12.9. The lowest BCUT2D eigenvalue weighted by Crippen LogP contribution is -2.47. The molecule has 1 saturated heterocycles. The highest BCUT2D eigenvalue weighted by Gasteiger charge is 2.31. The molecule has 1 aliphatic rings. The van der Waals surface area contributed by atoms with E-state index in [-0.39, 0.29) is 11.8 Å². The van der Waals surface area contributed by atoms with Crippen LogP contribution in [-0.4, -0.2) is 46.6 Å². The second-order valence-electron chi connectivity index (χ2n) is 5.30. The number of piperidine rings is 1. The first-order chi connectivity index (χ1) is 11.2. The summed E-state index contributed by atoms with van der Waals surface area (Å²) < 4.78 is 53.1. The van der Waals surface area contributed by atoms with E-state index < -0.39 is 23.8 Å². The summed E-state index contributed by atoms with van der Waals surface area (Å²) in [6.45, 7) is 1.27. The first-order valence-corrected chi connectivity index (χ1v) is 8.76. The molecule has 1 unspecified atom stereocenters. The van der Waals surface area contributed by atoms with Crippen LogP contribution in [0.25, 0.3) is 0 Å². The number of ether oxygens (including phenoxy) is 1. The zero-order chi connectivity index (χ0) is 17.7. The van der Waals surface area contributed by atoms with Gasteiger partial charge in [0.15, 0.2) is 0 Å². The summed E-state index contributed by atoms with van der Waals surface area (Å²) in [6.07, 6.45) is -1.76. The van der Waals surface area contributed by atoms with E-state index >= 15 is 0 Å². The van der Waals surface area contributed by atoms with Crippen LogP contribution in [0.4, 0.5) is 23.7 Å². The van der Waals surface area contributed by atoms with Crippen LogP contribution >= 0.6 is 0 Å². The lowest BCUT2D eigenvalue weighted by atomic mass is 10.1. The number of halogens is 3. The van der Waals surface area contributed by atoms with E-state index in [1.807, 2.05) is 4.31 Å². The van der Waals surface area contributed by atoms with Crippen molar-refractivity contribution in [3.8, 4) is 5.75 Å². The third-order valence-electron chi connectivity index (χ3n) is 3.50. The number of urea groups is 1. The van der Waals surface area contributed by atoms with E-state index in [4.69, 9.17) is 0 Å².